The molecule has 0 aromatic carbocycles. The van der Waals surface area contributed by atoms with Gasteiger partial charge in [0.1, 0.15) is 6.10 Å². The lowest BCUT2D eigenvalue weighted by Gasteiger charge is -2.23. The molecule has 0 radical (unpaired) electrons. The first-order chi connectivity index (χ1) is 8.88. The van der Waals surface area contributed by atoms with Gasteiger partial charge in [-0.1, -0.05) is 23.8 Å². The quantitative estimate of drug-likeness (QED) is 0.395. The summed E-state index contributed by atoms with van der Waals surface area (Å²) in [7, 11) is 0. The van der Waals surface area contributed by atoms with E-state index in [0.717, 1.165) is 11.1 Å². The molecule has 0 bridgehead atoms. The van der Waals surface area contributed by atoms with Crippen molar-refractivity contribution in [2.45, 2.75) is 45.0 Å². The highest BCUT2D eigenvalue weighted by Gasteiger charge is 2.42. The van der Waals surface area contributed by atoms with Crippen molar-refractivity contribution >= 4 is 5.97 Å². The van der Waals surface area contributed by atoms with Gasteiger partial charge in [-0.3, -0.25) is 0 Å². The first-order valence-corrected chi connectivity index (χ1v) is 6.49. The Hall–Kier alpha value is -1.39. The van der Waals surface area contributed by atoms with Crippen LogP contribution in [0.5, 0.6) is 0 Å². The van der Waals surface area contributed by atoms with Crippen LogP contribution < -0.4 is 0 Å². The molecule has 0 amide bonds. The van der Waals surface area contributed by atoms with Crippen LogP contribution >= 0.6 is 0 Å². The average Bonchev–Trinajstić information content (AvgIpc) is 2.52. The van der Waals surface area contributed by atoms with Gasteiger partial charge in [-0.2, -0.15) is 0 Å². The molecule has 4 heteroatoms. The number of hydrogen-bond donors (Lipinski definition) is 2. The van der Waals surface area contributed by atoms with Crippen molar-refractivity contribution in [2.75, 3.05) is 0 Å². The number of aliphatic hydroxyl groups is 2. The number of carbonyl (C=O) groups excluding carboxylic acids is 1. The minimum absolute atomic E-state index is 0.329. The van der Waals surface area contributed by atoms with Crippen LogP contribution in [0.4, 0.5) is 0 Å². The number of aliphatic hydroxyl groups excluding tert-OH is 2. The third kappa shape index (κ3) is 2.96. The zero-order valence-electron chi connectivity index (χ0n) is 11.3. The first-order valence-electron chi connectivity index (χ1n) is 6.49. The van der Waals surface area contributed by atoms with Gasteiger partial charge in [-0.05, 0) is 32.8 Å². The van der Waals surface area contributed by atoms with Gasteiger partial charge in [0.25, 0.3) is 0 Å². The fraction of sp³-hybridized carbons (Fsp3) is 0.533. The topological polar surface area (TPSA) is 66.8 Å². The van der Waals surface area contributed by atoms with Crippen molar-refractivity contribution in [3.63, 3.8) is 0 Å². The Balaban J connectivity index is 2.36. The monoisotopic (exact) mass is 264 g/mol. The van der Waals surface area contributed by atoms with Crippen molar-refractivity contribution in [1.29, 1.82) is 0 Å². The van der Waals surface area contributed by atoms with Crippen LogP contribution in [0.2, 0.25) is 0 Å². The number of rotatable bonds is 0. The second-order valence-electron chi connectivity index (χ2n) is 5.49. The maximum Gasteiger partial charge on any atom is 0.334 e. The normalized spacial score (nSPS) is 38.9. The summed E-state index contributed by atoms with van der Waals surface area (Å²) >= 11 is 0. The Kier molecular flexibility index (Phi) is 3.92. The zero-order valence-corrected chi connectivity index (χ0v) is 11.3. The number of ether oxygens (including phenoxy) is 1. The molecule has 4 nitrogen and oxygen atoms in total. The molecule has 2 rings (SSSR count). The van der Waals surface area contributed by atoms with Crippen molar-refractivity contribution in [1.82, 2.24) is 0 Å². The lowest BCUT2D eigenvalue weighted by atomic mass is 9.85. The smallest absolute Gasteiger partial charge is 0.334 e. The molecule has 104 valence electrons. The van der Waals surface area contributed by atoms with Gasteiger partial charge in [-0.15, -0.1) is 0 Å². The summed E-state index contributed by atoms with van der Waals surface area (Å²) in [6.45, 7) is 7.47. The van der Waals surface area contributed by atoms with E-state index in [2.05, 4.69) is 6.58 Å². The van der Waals surface area contributed by atoms with Crippen LogP contribution in [-0.4, -0.2) is 34.5 Å². The summed E-state index contributed by atoms with van der Waals surface area (Å²) in [4.78, 5) is 11.6. The highest BCUT2D eigenvalue weighted by molar-refractivity contribution is 5.91. The SMILES string of the molecule is C=C1C(=O)O[C@@H]2C=C(C)C[C@H](O)/C=C(\C)C[C@@H](O)[C@@H]12. The minimum atomic E-state index is -0.727. The molecule has 1 fully saturated rings. The Morgan fingerprint density at radius 3 is 2.53 bits per heavy atom. The van der Waals surface area contributed by atoms with Crippen LogP contribution in [0.1, 0.15) is 26.7 Å². The van der Waals surface area contributed by atoms with Crippen molar-refractivity contribution in [3.8, 4) is 0 Å². The molecule has 19 heavy (non-hydrogen) atoms. The molecular formula is C15H20O4. The molecule has 2 N–H and O–H groups in total. The van der Waals surface area contributed by atoms with Gasteiger partial charge < -0.3 is 14.9 Å². The molecule has 1 saturated heterocycles. The van der Waals surface area contributed by atoms with Crippen LogP contribution in [0, 0.1) is 5.92 Å². The van der Waals surface area contributed by atoms with Gasteiger partial charge in [-0.25, -0.2) is 4.79 Å². The van der Waals surface area contributed by atoms with Crippen molar-refractivity contribution in [3.05, 3.63) is 35.5 Å². The second-order valence-corrected chi connectivity index (χ2v) is 5.49. The standard InChI is InChI=1S/C15H20O4/c1-8-4-11(16)5-9(2)7-13-14(12(17)6-8)10(3)15(18)19-13/h4,7,11-14,16-17H,3,5-6H2,1-2H3/b8-4+,9-7?/t11-,12-,13-,14-/m1/s1. The summed E-state index contributed by atoms with van der Waals surface area (Å²) in [5.74, 6) is -0.847. The zero-order chi connectivity index (χ0) is 14.2. The van der Waals surface area contributed by atoms with E-state index in [9.17, 15) is 15.0 Å². The van der Waals surface area contributed by atoms with Gasteiger partial charge >= 0.3 is 5.97 Å². The number of esters is 1. The van der Waals surface area contributed by atoms with E-state index < -0.39 is 30.2 Å². The average molecular weight is 264 g/mol. The Morgan fingerprint density at radius 2 is 1.84 bits per heavy atom. The van der Waals surface area contributed by atoms with Gasteiger partial charge in [0.15, 0.2) is 0 Å². The summed E-state index contributed by atoms with van der Waals surface area (Å²) in [6, 6.07) is 0. The fourth-order valence-corrected chi connectivity index (χ4v) is 2.79. The number of hydrogen-bond acceptors (Lipinski definition) is 4. The van der Waals surface area contributed by atoms with E-state index in [1.54, 1.807) is 6.08 Å². The maximum absolute atomic E-state index is 11.6. The second kappa shape index (κ2) is 5.31. The first kappa shape index (κ1) is 14.0. The molecule has 0 saturated carbocycles. The summed E-state index contributed by atoms with van der Waals surface area (Å²) < 4.78 is 5.24. The molecule has 1 heterocycles. The minimum Gasteiger partial charge on any atom is -0.454 e. The molecule has 0 spiro atoms. The predicted octanol–water partition coefficient (Wildman–Crippen LogP) is 1.49. The molecule has 0 aromatic heterocycles. The number of carbonyl (C=O) groups is 1. The third-order valence-corrected chi connectivity index (χ3v) is 3.66. The third-order valence-electron chi connectivity index (χ3n) is 3.66. The molecule has 0 unspecified atom stereocenters. The van der Waals surface area contributed by atoms with E-state index >= 15 is 0 Å². The van der Waals surface area contributed by atoms with Crippen LogP contribution in [0.15, 0.2) is 35.5 Å². The van der Waals surface area contributed by atoms with Gasteiger partial charge in [0.2, 0.25) is 0 Å². The lowest BCUT2D eigenvalue weighted by Crippen LogP contribution is -2.29. The summed E-state index contributed by atoms with van der Waals surface area (Å²) in [5, 5.41) is 20.2. The molecule has 0 aromatic rings. The maximum atomic E-state index is 11.6. The largest absolute Gasteiger partial charge is 0.454 e. The van der Waals surface area contributed by atoms with E-state index in [-0.39, 0.29) is 0 Å². The molecule has 4 atom stereocenters. The van der Waals surface area contributed by atoms with Crippen LogP contribution in [-0.2, 0) is 9.53 Å². The molecule has 2 aliphatic rings. The van der Waals surface area contributed by atoms with E-state index in [4.69, 9.17) is 4.74 Å². The Bertz CT molecular complexity index is 461. The van der Waals surface area contributed by atoms with Crippen LogP contribution in [0.3, 0.4) is 0 Å². The van der Waals surface area contributed by atoms with E-state index in [1.807, 2.05) is 19.9 Å². The molecule has 1 aliphatic heterocycles. The summed E-state index contributed by atoms with van der Waals surface area (Å²) in [5.41, 5.74) is 2.17. The molecule has 1 aliphatic carbocycles. The number of fused-ring (bicyclic) bond motifs is 1. The van der Waals surface area contributed by atoms with E-state index in [0.29, 0.717) is 18.4 Å². The van der Waals surface area contributed by atoms with E-state index in [1.165, 1.54) is 0 Å². The van der Waals surface area contributed by atoms with Gasteiger partial charge in [0.05, 0.1) is 18.1 Å². The van der Waals surface area contributed by atoms with Crippen LogP contribution in [0.25, 0.3) is 0 Å². The van der Waals surface area contributed by atoms with Crippen molar-refractivity contribution in [2.24, 2.45) is 5.92 Å². The highest BCUT2D eigenvalue weighted by atomic mass is 16.6. The Labute approximate surface area is 113 Å². The molecular weight excluding hydrogens is 244 g/mol. The lowest BCUT2D eigenvalue weighted by molar-refractivity contribution is -0.137. The van der Waals surface area contributed by atoms with Crippen molar-refractivity contribution < 1.29 is 19.7 Å². The highest BCUT2D eigenvalue weighted by Crippen LogP contribution is 2.34. The predicted molar refractivity (Wildman–Crippen MR) is 71.3 cm³/mol. The Morgan fingerprint density at radius 1 is 1.21 bits per heavy atom. The van der Waals surface area contributed by atoms with Gasteiger partial charge in [0, 0.05) is 5.57 Å². The summed E-state index contributed by atoms with van der Waals surface area (Å²) in [6.07, 6.45) is 2.69. The fourth-order valence-electron chi connectivity index (χ4n) is 2.79.